The number of rotatable bonds is 3. The fourth-order valence-corrected chi connectivity index (χ4v) is 4.12. The summed E-state index contributed by atoms with van der Waals surface area (Å²) in [6.45, 7) is 5.14. The Hall–Kier alpha value is -2.20. The third-order valence-corrected chi connectivity index (χ3v) is 5.78. The predicted molar refractivity (Wildman–Crippen MR) is 102 cm³/mol. The van der Waals surface area contributed by atoms with E-state index in [4.69, 9.17) is 0 Å². The number of hydrogen-bond donors (Lipinski definition) is 0. The van der Waals surface area contributed by atoms with Gasteiger partial charge in [0, 0.05) is 30.7 Å². The molecule has 2 fully saturated rings. The molecule has 26 heavy (non-hydrogen) atoms. The Morgan fingerprint density at radius 1 is 0.962 bits per heavy atom. The molecule has 3 nitrogen and oxygen atoms in total. The second-order valence-electron chi connectivity index (χ2n) is 7.53. The van der Waals surface area contributed by atoms with E-state index in [1.807, 2.05) is 29.2 Å². The van der Waals surface area contributed by atoms with Crippen molar-refractivity contribution >= 4 is 5.91 Å². The zero-order valence-corrected chi connectivity index (χ0v) is 15.2. The molecule has 2 aliphatic heterocycles. The van der Waals surface area contributed by atoms with Gasteiger partial charge >= 0.3 is 0 Å². The zero-order valence-electron chi connectivity index (χ0n) is 15.2. The molecule has 0 aromatic heterocycles. The van der Waals surface area contributed by atoms with Crippen LogP contribution >= 0.6 is 0 Å². The highest BCUT2D eigenvalue weighted by atomic mass is 19.1. The van der Waals surface area contributed by atoms with Gasteiger partial charge in [-0.1, -0.05) is 30.7 Å². The van der Waals surface area contributed by atoms with E-state index in [2.05, 4.69) is 11.8 Å². The number of piperidine rings is 1. The molecule has 0 N–H and O–H groups in total. The molecule has 4 rings (SSSR count). The van der Waals surface area contributed by atoms with Crippen LogP contribution in [0.2, 0.25) is 0 Å². The molecule has 2 aromatic carbocycles. The van der Waals surface area contributed by atoms with Gasteiger partial charge in [-0.15, -0.1) is 0 Å². The number of halogens is 1. The Bertz CT molecular complexity index is 766. The molecule has 0 aliphatic carbocycles. The van der Waals surface area contributed by atoms with Crippen LogP contribution in [0, 0.1) is 5.82 Å². The summed E-state index contributed by atoms with van der Waals surface area (Å²) in [5, 5.41) is 0. The van der Waals surface area contributed by atoms with E-state index in [1.54, 1.807) is 12.1 Å². The molecular formula is C22H25FN2O. The topological polar surface area (TPSA) is 23.6 Å². The van der Waals surface area contributed by atoms with Crippen molar-refractivity contribution in [3.05, 3.63) is 59.9 Å². The van der Waals surface area contributed by atoms with Gasteiger partial charge in [0.05, 0.1) is 0 Å². The van der Waals surface area contributed by atoms with Crippen LogP contribution in [0.5, 0.6) is 0 Å². The maximum atomic E-state index is 13.0. The van der Waals surface area contributed by atoms with Crippen LogP contribution in [0.1, 0.15) is 36.5 Å². The minimum atomic E-state index is -0.240. The van der Waals surface area contributed by atoms with Crippen molar-refractivity contribution in [3.63, 3.8) is 0 Å². The standard InChI is InChI=1S/C22H25FN2O/c1-16-4-2-3-13-25(16)21-14-24(15-21)22(26)19-7-5-17(6-8-19)18-9-11-20(23)12-10-18/h5-12,16,21H,2-4,13-15H2,1H3/t16-/m1/s1. The van der Waals surface area contributed by atoms with E-state index in [9.17, 15) is 9.18 Å². The van der Waals surface area contributed by atoms with Gasteiger partial charge in [0.2, 0.25) is 0 Å². The van der Waals surface area contributed by atoms with Gasteiger partial charge in [-0.3, -0.25) is 9.69 Å². The normalized spacial score (nSPS) is 21.5. The van der Waals surface area contributed by atoms with Gasteiger partial charge in [-0.25, -0.2) is 4.39 Å². The summed E-state index contributed by atoms with van der Waals surface area (Å²) in [4.78, 5) is 17.2. The van der Waals surface area contributed by atoms with Crippen molar-refractivity contribution in [2.75, 3.05) is 19.6 Å². The highest BCUT2D eigenvalue weighted by Crippen LogP contribution is 2.26. The smallest absolute Gasteiger partial charge is 0.253 e. The minimum Gasteiger partial charge on any atom is -0.335 e. The molecule has 0 saturated carbocycles. The van der Waals surface area contributed by atoms with Gasteiger partial charge in [0.25, 0.3) is 5.91 Å². The van der Waals surface area contributed by atoms with Gasteiger partial charge in [0.1, 0.15) is 5.82 Å². The second kappa shape index (κ2) is 7.20. The lowest BCUT2D eigenvalue weighted by Crippen LogP contribution is -2.63. The Labute approximate surface area is 154 Å². The molecule has 0 unspecified atom stereocenters. The third kappa shape index (κ3) is 3.38. The van der Waals surface area contributed by atoms with Crippen molar-refractivity contribution in [1.82, 2.24) is 9.80 Å². The second-order valence-corrected chi connectivity index (χ2v) is 7.53. The van der Waals surface area contributed by atoms with Crippen LogP contribution in [-0.4, -0.2) is 47.4 Å². The first-order chi connectivity index (χ1) is 12.6. The summed E-state index contributed by atoms with van der Waals surface area (Å²) in [5.41, 5.74) is 2.67. The number of likely N-dealkylation sites (tertiary alicyclic amines) is 2. The van der Waals surface area contributed by atoms with E-state index in [-0.39, 0.29) is 11.7 Å². The first-order valence-corrected chi connectivity index (χ1v) is 9.53. The fourth-order valence-electron chi connectivity index (χ4n) is 4.12. The number of hydrogen-bond acceptors (Lipinski definition) is 2. The highest BCUT2D eigenvalue weighted by molar-refractivity contribution is 5.95. The molecule has 2 aliphatic rings. The van der Waals surface area contributed by atoms with Crippen LogP contribution in [0.25, 0.3) is 11.1 Å². The summed E-state index contributed by atoms with van der Waals surface area (Å²) < 4.78 is 13.0. The summed E-state index contributed by atoms with van der Waals surface area (Å²) in [7, 11) is 0. The van der Waals surface area contributed by atoms with Gasteiger partial charge in [-0.05, 0) is 61.7 Å². The number of benzene rings is 2. The van der Waals surface area contributed by atoms with Crippen LogP contribution in [-0.2, 0) is 0 Å². The van der Waals surface area contributed by atoms with E-state index < -0.39 is 0 Å². The zero-order chi connectivity index (χ0) is 18.1. The molecule has 1 amide bonds. The van der Waals surface area contributed by atoms with Crippen molar-refractivity contribution < 1.29 is 9.18 Å². The van der Waals surface area contributed by atoms with Gasteiger partial charge < -0.3 is 4.90 Å². The first-order valence-electron chi connectivity index (χ1n) is 9.53. The molecule has 0 radical (unpaired) electrons. The SMILES string of the molecule is C[C@@H]1CCCCN1C1CN(C(=O)c2ccc(-c3ccc(F)cc3)cc2)C1. The van der Waals surface area contributed by atoms with E-state index in [0.717, 1.165) is 29.8 Å². The Balaban J connectivity index is 1.38. The lowest BCUT2D eigenvalue weighted by atomic mass is 9.96. The number of carbonyl (C=O) groups is 1. The van der Waals surface area contributed by atoms with Crippen LogP contribution < -0.4 is 0 Å². The Morgan fingerprint density at radius 2 is 1.58 bits per heavy atom. The summed E-state index contributed by atoms with van der Waals surface area (Å²) >= 11 is 0. The van der Waals surface area contributed by atoms with Crippen LogP contribution in [0.3, 0.4) is 0 Å². The molecule has 1 atom stereocenters. The minimum absolute atomic E-state index is 0.108. The third-order valence-electron chi connectivity index (χ3n) is 5.78. The van der Waals surface area contributed by atoms with Crippen molar-refractivity contribution in [2.24, 2.45) is 0 Å². The molecule has 4 heteroatoms. The quantitative estimate of drug-likeness (QED) is 0.827. The first kappa shape index (κ1) is 17.2. The van der Waals surface area contributed by atoms with Crippen LogP contribution in [0.4, 0.5) is 4.39 Å². The summed E-state index contributed by atoms with van der Waals surface area (Å²) in [6.07, 6.45) is 3.88. The lowest BCUT2D eigenvalue weighted by Gasteiger charge is -2.49. The highest BCUT2D eigenvalue weighted by Gasteiger charge is 2.37. The van der Waals surface area contributed by atoms with Crippen molar-refractivity contribution in [2.45, 2.75) is 38.3 Å². The summed E-state index contributed by atoms with van der Waals surface area (Å²) in [5.74, 6) is -0.132. The molecule has 0 spiro atoms. The number of nitrogens with zero attached hydrogens (tertiary/aromatic N) is 2. The predicted octanol–water partition coefficient (Wildman–Crippen LogP) is 4.19. The Morgan fingerprint density at radius 3 is 2.19 bits per heavy atom. The van der Waals surface area contributed by atoms with Crippen LogP contribution in [0.15, 0.2) is 48.5 Å². The average molecular weight is 352 g/mol. The molecule has 136 valence electrons. The number of carbonyl (C=O) groups excluding carboxylic acids is 1. The largest absolute Gasteiger partial charge is 0.335 e. The lowest BCUT2D eigenvalue weighted by molar-refractivity contribution is 0.00213. The molecular weight excluding hydrogens is 327 g/mol. The molecule has 2 heterocycles. The van der Waals surface area contributed by atoms with Crippen molar-refractivity contribution in [1.29, 1.82) is 0 Å². The monoisotopic (exact) mass is 352 g/mol. The fraction of sp³-hybridized carbons (Fsp3) is 0.409. The van der Waals surface area contributed by atoms with E-state index in [0.29, 0.717) is 12.1 Å². The van der Waals surface area contributed by atoms with E-state index >= 15 is 0 Å². The molecule has 2 aromatic rings. The summed E-state index contributed by atoms with van der Waals surface area (Å²) in [6, 6.07) is 15.2. The Kier molecular flexibility index (Phi) is 4.77. The van der Waals surface area contributed by atoms with Gasteiger partial charge in [0.15, 0.2) is 0 Å². The number of amides is 1. The van der Waals surface area contributed by atoms with Crippen molar-refractivity contribution in [3.8, 4) is 11.1 Å². The van der Waals surface area contributed by atoms with Gasteiger partial charge in [-0.2, -0.15) is 0 Å². The van der Waals surface area contributed by atoms with E-state index in [1.165, 1.54) is 37.9 Å². The maximum Gasteiger partial charge on any atom is 0.253 e. The maximum absolute atomic E-state index is 13.0. The molecule has 2 saturated heterocycles. The average Bonchev–Trinajstić information content (AvgIpc) is 2.63. The molecule has 0 bridgehead atoms.